The third-order valence-corrected chi connectivity index (χ3v) is 2.89. The van der Waals surface area contributed by atoms with Gasteiger partial charge in [0.15, 0.2) is 0 Å². The van der Waals surface area contributed by atoms with Gasteiger partial charge in [-0.25, -0.2) is 0 Å². The fraction of sp³-hybridized carbons (Fsp3) is 0.286. The molecular weight excluding hydrogens is 240 g/mol. The molecule has 2 aromatic rings. The molecule has 0 spiro atoms. The molecule has 1 heterocycles. The van der Waals surface area contributed by atoms with Crippen LogP contribution in [0.15, 0.2) is 36.7 Å². The molecule has 0 saturated carbocycles. The van der Waals surface area contributed by atoms with E-state index in [1.54, 1.807) is 12.3 Å². The number of benzene rings is 1. The molecule has 5 heteroatoms. The van der Waals surface area contributed by atoms with Gasteiger partial charge >= 0.3 is 0 Å². The lowest BCUT2D eigenvalue weighted by atomic mass is 10.1. The van der Waals surface area contributed by atoms with E-state index in [-0.39, 0.29) is 5.91 Å². The lowest BCUT2D eigenvalue weighted by Gasteiger charge is -2.09. The van der Waals surface area contributed by atoms with Crippen LogP contribution < -0.4 is 11.1 Å². The number of nitrogens with one attached hydrogen (secondary N) is 1. The largest absolute Gasteiger partial charge is 0.399 e. The zero-order valence-corrected chi connectivity index (χ0v) is 11.0. The number of hydrogen-bond donors (Lipinski definition) is 2. The van der Waals surface area contributed by atoms with E-state index in [4.69, 9.17) is 5.73 Å². The molecule has 100 valence electrons. The molecule has 0 saturated heterocycles. The van der Waals surface area contributed by atoms with Crippen molar-refractivity contribution < 1.29 is 4.79 Å². The summed E-state index contributed by atoms with van der Waals surface area (Å²) in [5, 5.41) is 6.97. The average molecular weight is 258 g/mol. The van der Waals surface area contributed by atoms with Gasteiger partial charge in [-0.05, 0) is 37.1 Å². The van der Waals surface area contributed by atoms with Gasteiger partial charge in [-0.3, -0.25) is 9.48 Å². The Bertz CT molecular complexity index is 549. The summed E-state index contributed by atoms with van der Waals surface area (Å²) in [6, 6.07) is 7.37. The van der Waals surface area contributed by atoms with Crippen molar-refractivity contribution in [3.63, 3.8) is 0 Å². The summed E-state index contributed by atoms with van der Waals surface area (Å²) in [5.41, 5.74) is 8.15. The Kier molecular flexibility index (Phi) is 4.18. The first-order valence-electron chi connectivity index (χ1n) is 6.28. The van der Waals surface area contributed by atoms with Gasteiger partial charge in [0.1, 0.15) is 0 Å². The number of nitrogen functional groups attached to an aromatic ring is 1. The Labute approximate surface area is 112 Å². The third-order valence-electron chi connectivity index (χ3n) is 2.89. The monoisotopic (exact) mass is 258 g/mol. The molecule has 1 amide bonds. The minimum atomic E-state index is 0.000793. The highest BCUT2D eigenvalue weighted by Gasteiger charge is 2.05. The molecule has 0 aliphatic carbocycles. The van der Waals surface area contributed by atoms with Crippen molar-refractivity contribution >= 4 is 17.3 Å². The molecule has 0 fully saturated rings. The molecule has 1 aromatic heterocycles. The van der Waals surface area contributed by atoms with Gasteiger partial charge in [0.25, 0.3) is 0 Å². The maximum Gasteiger partial charge on any atom is 0.224 e. The standard InChI is InChI=1S/C14H18N4O/c1-11-5-6-12(15)10-13(11)17-14(19)4-2-8-18-9-3-7-16-18/h3,5-7,9-10H,2,4,8,15H2,1H3,(H,17,19). The van der Waals surface area contributed by atoms with Gasteiger partial charge in [-0.2, -0.15) is 5.10 Å². The molecule has 3 N–H and O–H groups in total. The van der Waals surface area contributed by atoms with Gasteiger partial charge in [0, 0.05) is 36.7 Å². The topological polar surface area (TPSA) is 72.9 Å². The quantitative estimate of drug-likeness (QED) is 0.807. The van der Waals surface area contributed by atoms with Gasteiger partial charge in [0.05, 0.1) is 0 Å². The SMILES string of the molecule is Cc1ccc(N)cc1NC(=O)CCCn1cccn1. The highest BCUT2D eigenvalue weighted by molar-refractivity contribution is 5.91. The van der Waals surface area contributed by atoms with Crippen LogP contribution in [0.5, 0.6) is 0 Å². The summed E-state index contributed by atoms with van der Waals surface area (Å²) in [5.74, 6) is 0.000793. The second kappa shape index (κ2) is 6.04. The number of anilines is 2. The van der Waals surface area contributed by atoms with E-state index in [0.717, 1.165) is 24.2 Å². The summed E-state index contributed by atoms with van der Waals surface area (Å²) in [7, 11) is 0. The van der Waals surface area contributed by atoms with Crippen LogP contribution in [0.25, 0.3) is 0 Å². The van der Waals surface area contributed by atoms with Crippen LogP contribution in [0.2, 0.25) is 0 Å². The minimum absolute atomic E-state index is 0.000793. The predicted molar refractivity (Wildman–Crippen MR) is 75.7 cm³/mol. The van der Waals surface area contributed by atoms with Crippen molar-refractivity contribution in [3.8, 4) is 0 Å². The molecule has 0 aliphatic rings. The molecule has 5 nitrogen and oxygen atoms in total. The van der Waals surface area contributed by atoms with Gasteiger partial charge in [-0.15, -0.1) is 0 Å². The van der Waals surface area contributed by atoms with Crippen molar-refractivity contribution in [2.24, 2.45) is 0 Å². The number of aromatic nitrogens is 2. The predicted octanol–water partition coefficient (Wildman–Crippen LogP) is 2.19. The van der Waals surface area contributed by atoms with Gasteiger partial charge < -0.3 is 11.1 Å². The van der Waals surface area contributed by atoms with Crippen LogP contribution in [0, 0.1) is 6.92 Å². The van der Waals surface area contributed by atoms with Crippen molar-refractivity contribution in [1.29, 1.82) is 0 Å². The smallest absolute Gasteiger partial charge is 0.224 e. The normalized spacial score (nSPS) is 10.4. The van der Waals surface area contributed by atoms with E-state index < -0.39 is 0 Å². The van der Waals surface area contributed by atoms with E-state index in [2.05, 4.69) is 10.4 Å². The minimum Gasteiger partial charge on any atom is -0.399 e. The molecule has 0 radical (unpaired) electrons. The number of aryl methyl sites for hydroxylation is 2. The second-order valence-corrected chi connectivity index (χ2v) is 4.50. The Morgan fingerprint density at radius 3 is 3.05 bits per heavy atom. The molecule has 0 bridgehead atoms. The summed E-state index contributed by atoms with van der Waals surface area (Å²) in [6.07, 6.45) is 4.85. The number of amides is 1. The number of hydrogen-bond acceptors (Lipinski definition) is 3. The summed E-state index contributed by atoms with van der Waals surface area (Å²) in [6.45, 7) is 2.69. The number of carbonyl (C=O) groups is 1. The first-order chi connectivity index (χ1) is 9.15. The highest BCUT2D eigenvalue weighted by Crippen LogP contribution is 2.18. The number of rotatable bonds is 5. The van der Waals surface area contributed by atoms with Crippen LogP contribution >= 0.6 is 0 Å². The van der Waals surface area contributed by atoms with Crippen LogP contribution in [0.4, 0.5) is 11.4 Å². The Hall–Kier alpha value is -2.30. The Morgan fingerprint density at radius 2 is 2.32 bits per heavy atom. The first kappa shape index (κ1) is 13.1. The first-order valence-corrected chi connectivity index (χ1v) is 6.28. The van der Waals surface area contributed by atoms with Gasteiger partial charge in [0.2, 0.25) is 5.91 Å². The van der Waals surface area contributed by atoms with Crippen molar-refractivity contribution in [2.75, 3.05) is 11.1 Å². The van der Waals surface area contributed by atoms with Gasteiger partial charge in [-0.1, -0.05) is 6.07 Å². The molecule has 1 aromatic carbocycles. The molecular formula is C14H18N4O. The average Bonchev–Trinajstić information content (AvgIpc) is 2.87. The fourth-order valence-electron chi connectivity index (χ4n) is 1.82. The lowest BCUT2D eigenvalue weighted by molar-refractivity contribution is -0.116. The Morgan fingerprint density at radius 1 is 1.47 bits per heavy atom. The lowest BCUT2D eigenvalue weighted by Crippen LogP contribution is -2.13. The second-order valence-electron chi connectivity index (χ2n) is 4.50. The van der Waals surface area contributed by atoms with Crippen LogP contribution in [0.3, 0.4) is 0 Å². The van der Waals surface area contributed by atoms with Crippen LogP contribution in [-0.4, -0.2) is 15.7 Å². The number of nitrogens with zero attached hydrogens (tertiary/aromatic N) is 2. The van der Waals surface area contributed by atoms with Crippen molar-refractivity contribution in [1.82, 2.24) is 9.78 Å². The molecule has 2 rings (SSSR count). The van der Waals surface area contributed by atoms with Crippen LogP contribution in [-0.2, 0) is 11.3 Å². The summed E-state index contributed by atoms with van der Waals surface area (Å²) in [4.78, 5) is 11.8. The number of nitrogens with two attached hydrogens (primary N) is 1. The fourth-order valence-corrected chi connectivity index (χ4v) is 1.82. The van der Waals surface area contributed by atoms with E-state index in [0.29, 0.717) is 12.1 Å². The van der Waals surface area contributed by atoms with E-state index in [9.17, 15) is 4.79 Å². The zero-order valence-electron chi connectivity index (χ0n) is 11.0. The Balaban J connectivity index is 1.82. The molecule has 0 atom stereocenters. The summed E-state index contributed by atoms with van der Waals surface area (Å²) < 4.78 is 1.82. The molecule has 19 heavy (non-hydrogen) atoms. The third kappa shape index (κ3) is 3.84. The number of carbonyl (C=O) groups excluding carboxylic acids is 1. The van der Waals surface area contributed by atoms with E-state index in [1.807, 2.05) is 36.0 Å². The summed E-state index contributed by atoms with van der Waals surface area (Å²) >= 11 is 0. The van der Waals surface area contributed by atoms with E-state index in [1.165, 1.54) is 0 Å². The van der Waals surface area contributed by atoms with Crippen LogP contribution in [0.1, 0.15) is 18.4 Å². The zero-order chi connectivity index (χ0) is 13.7. The molecule has 0 aliphatic heterocycles. The molecule has 0 unspecified atom stereocenters. The maximum absolute atomic E-state index is 11.8. The maximum atomic E-state index is 11.8. The highest BCUT2D eigenvalue weighted by atomic mass is 16.1. The van der Waals surface area contributed by atoms with E-state index >= 15 is 0 Å². The van der Waals surface area contributed by atoms with Crippen molar-refractivity contribution in [3.05, 3.63) is 42.2 Å². The van der Waals surface area contributed by atoms with Crippen molar-refractivity contribution in [2.45, 2.75) is 26.3 Å².